The first-order valence-electron chi connectivity index (χ1n) is 9.02. The molecule has 7 nitrogen and oxygen atoms in total. The minimum absolute atomic E-state index is 0.0118. The number of nitrogens with zero attached hydrogens (tertiary/aromatic N) is 2. The highest BCUT2D eigenvalue weighted by Crippen LogP contribution is 2.29. The van der Waals surface area contributed by atoms with Gasteiger partial charge in [-0.15, -0.1) is 0 Å². The molecule has 2 aromatic carbocycles. The standard InChI is InChI=1S/C20H24N2O5S/c1-15-4-3-5-17(12-15)21-8-10-22(11-9-21)28(25,26)19-13-16(14-20(23)24)6-7-18(19)27-2/h3-7,12-13H,8-11,14H2,1-2H3,(H,23,24). The van der Waals surface area contributed by atoms with Crippen LogP contribution in [0.1, 0.15) is 11.1 Å². The quantitative estimate of drug-likeness (QED) is 0.794. The Morgan fingerprint density at radius 1 is 1.11 bits per heavy atom. The molecule has 150 valence electrons. The third kappa shape index (κ3) is 4.28. The van der Waals surface area contributed by atoms with Crippen LogP contribution in [0.3, 0.4) is 0 Å². The van der Waals surface area contributed by atoms with E-state index in [0.717, 1.165) is 11.3 Å². The Balaban J connectivity index is 1.81. The Morgan fingerprint density at radius 2 is 1.82 bits per heavy atom. The first-order valence-corrected chi connectivity index (χ1v) is 10.5. The van der Waals surface area contributed by atoms with Crippen molar-refractivity contribution in [2.75, 3.05) is 38.2 Å². The Kier molecular flexibility index (Phi) is 5.90. The Labute approximate surface area is 165 Å². The van der Waals surface area contributed by atoms with E-state index in [2.05, 4.69) is 11.0 Å². The molecule has 2 aromatic rings. The van der Waals surface area contributed by atoms with Crippen molar-refractivity contribution >= 4 is 21.7 Å². The van der Waals surface area contributed by atoms with Crippen LogP contribution in [0.5, 0.6) is 5.75 Å². The molecule has 1 fully saturated rings. The van der Waals surface area contributed by atoms with Gasteiger partial charge in [-0.1, -0.05) is 18.2 Å². The molecule has 1 aliphatic heterocycles. The predicted molar refractivity (Wildman–Crippen MR) is 106 cm³/mol. The van der Waals surface area contributed by atoms with Gasteiger partial charge in [-0.05, 0) is 42.3 Å². The maximum absolute atomic E-state index is 13.2. The number of rotatable bonds is 6. The van der Waals surface area contributed by atoms with Gasteiger partial charge in [-0.25, -0.2) is 8.42 Å². The van der Waals surface area contributed by atoms with Crippen LogP contribution in [-0.2, 0) is 21.2 Å². The second-order valence-electron chi connectivity index (χ2n) is 6.79. The second kappa shape index (κ2) is 8.20. The van der Waals surface area contributed by atoms with E-state index < -0.39 is 16.0 Å². The number of sulfonamides is 1. The molecule has 0 unspecified atom stereocenters. The summed E-state index contributed by atoms with van der Waals surface area (Å²) in [6.07, 6.45) is -0.242. The molecule has 0 saturated carbocycles. The van der Waals surface area contributed by atoms with Gasteiger partial charge in [0.05, 0.1) is 13.5 Å². The van der Waals surface area contributed by atoms with Gasteiger partial charge in [0.25, 0.3) is 0 Å². The van der Waals surface area contributed by atoms with Gasteiger partial charge in [0.1, 0.15) is 10.6 Å². The maximum Gasteiger partial charge on any atom is 0.307 e. The van der Waals surface area contributed by atoms with E-state index in [0.29, 0.717) is 31.7 Å². The molecular formula is C20H24N2O5S. The predicted octanol–water partition coefficient (Wildman–Crippen LogP) is 2.14. The number of piperazine rings is 1. The minimum atomic E-state index is -3.79. The molecule has 0 radical (unpaired) electrons. The third-order valence-electron chi connectivity index (χ3n) is 4.81. The Morgan fingerprint density at radius 3 is 2.43 bits per heavy atom. The summed E-state index contributed by atoms with van der Waals surface area (Å²) in [5, 5.41) is 9.00. The molecule has 0 amide bonds. The summed E-state index contributed by atoms with van der Waals surface area (Å²) in [5.41, 5.74) is 2.66. The average Bonchev–Trinajstić information content (AvgIpc) is 2.67. The van der Waals surface area contributed by atoms with Crippen LogP contribution >= 0.6 is 0 Å². The highest BCUT2D eigenvalue weighted by molar-refractivity contribution is 7.89. The van der Waals surface area contributed by atoms with E-state index in [1.807, 2.05) is 25.1 Å². The molecule has 28 heavy (non-hydrogen) atoms. The van der Waals surface area contributed by atoms with Crippen molar-refractivity contribution < 1.29 is 23.1 Å². The molecular weight excluding hydrogens is 380 g/mol. The summed E-state index contributed by atoms with van der Waals surface area (Å²) in [5.74, 6) is -0.796. The molecule has 1 heterocycles. The second-order valence-corrected chi connectivity index (χ2v) is 8.69. The van der Waals surface area contributed by atoms with Gasteiger partial charge in [0, 0.05) is 31.9 Å². The highest BCUT2D eigenvalue weighted by Gasteiger charge is 2.31. The number of anilines is 1. The van der Waals surface area contributed by atoms with E-state index in [1.165, 1.54) is 23.5 Å². The Hall–Kier alpha value is -2.58. The number of carboxylic acids is 1. The number of ether oxygens (including phenoxy) is 1. The zero-order valence-electron chi connectivity index (χ0n) is 16.0. The molecule has 1 saturated heterocycles. The van der Waals surface area contributed by atoms with Gasteiger partial charge in [-0.3, -0.25) is 4.79 Å². The fraction of sp³-hybridized carbons (Fsp3) is 0.350. The third-order valence-corrected chi connectivity index (χ3v) is 6.73. The van der Waals surface area contributed by atoms with Crippen molar-refractivity contribution in [3.8, 4) is 5.75 Å². The van der Waals surface area contributed by atoms with Crippen LogP contribution in [0.15, 0.2) is 47.4 Å². The minimum Gasteiger partial charge on any atom is -0.495 e. The molecule has 1 aliphatic rings. The summed E-state index contributed by atoms with van der Waals surface area (Å²) < 4.78 is 33.0. The average molecular weight is 404 g/mol. The molecule has 0 aliphatic carbocycles. The van der Waals surface area contributed by atoms with Gasteiger partial charge in [0.2, 0.25) is 10.0 Å². The number of benzene rings is 2. The number of methoxy groups -OCH3 is 1. The fourth-order valence-corrected chi connectivity index (χ4v) is 4.99. The summed E-state index contributed by atoms with van der Waals surface area (Å²) in [6, 6.07) is 12.6. The number of hydrogen-bond acceptors (Lipinski definition) is 5. The first-order chi connectivity index (χ1) is 13.3. The lowest BCUT2D eigenvalue weighted by Crippen LogP contribution is -2.48. The van der Waals surface area contributed by atoms with Crippen molar-refractivity contribution in [1.82, 2.24) is 4.31 Å². The van der Waals surface area contributed by atoms with Gasteiger partial charge >= 0.3 is 5.97 Å². The lowest BCUT2D eigenvalue weighted by Gasteiger charge is -2.35. The van der Waals surface area contributed by atoms with Crippen LogP contribution in [-0.4, -0.2) is 57.1 Å². The van der Waals surface area contributed by atoms with Crippen molar-refractivity contribution in [3.05, 3.63) is 53.6 Å². The van der Waals surface area contributed by atoms with Gasteiger partial charge in [-0.2, -0.15) is 4.31 Å². The van der Waals surface area contributed by atoms with E-state index in [-0.39, 0.29) is 17.1 Å². The molecule has 0 atom stereocenters. The van der Waals surface area contributed by atoms with Crippen molar-refractivity contribution in [1.29, 1.82) is 0 Å². The van der Waals surface area contributed by atoms with Crippen molar-refractivity contribution in [2.24, 2.45) is 0 Å². The van der Waals surface area contributed by atoms with Crippen LogP contribution in [0.25, 0.3) is 0 Å². The van der Waals surface area contributed by atoms with E-state index in [4.69, 9.17) is 9.84 Å². The normalized spacial score (nSPS) is 15.4. The van der Waals surface area contributed by atoms with Crippen LogP contribution in [0.4, 0.5) is 5.69 Å². The Bertz CT molecular complexity index is 966. The number of hydrogen-bond donors (Lipinski definition) is 1. The fourth-order valence-electron chi connectivity index (χ4n) is 3.36. The van der Waals surface area contributed by atoms with E-state index in [9.17, 15) is 13.2 Å². The number of carboxylic acid groups (broad SMARTS) is 1. The molecule has 3 rings (SSSR count). The summed E-state index contributed by atoms with van der Waals surface area (Å²) in [6.45, 7) is 3.89. The summed E-state index contributed by atoms with van der Waals surface area (Å²) in [4.78, 5) is 13.2. The zero-order valence-corrected chi connectivity index (χ0v) is 16.8. The molecule has 8 heteroatoms. The first kappa shape index (κ1) is 20.2. The molecule has 0 aromatic heterocycles. The van der Waals surface area contributed by atoms with Crippen molar-refractivity contribution in [2.45, 2.75) is 18.2 Å². The van der Waals surface area contributed by atoms with Crippen LogP contribution in [0.2, 0.25) is 0 Å². The van der Waals surface area contributed by atoms with Crippen molar-refractivity contribution in [3.63, 3.8) is 0 Å². The number of aliphatic carboxylic acids is 1. The summed E-state index contributed by atoms with van der Waals surface area (Å²) in [7, 11) is -2.38. The number of aryl methyl sites for hydroxylation is 1. The zero-order chi connectivity index (χ0) is 20.3. The monoisotopic (exact) mass is 404 g/mol. The van der Waals surface area contributed by atoms with Crippen LogP contribution < -0.4 is 9.64 Å². The maximum atomic E-state index is 13.2. The van der Waals surface area contributed by atoms with E-state index in [1.54, 1.807) is 6.07 Å². The van der Waals surface area contributed by atoms with Gasteiger partial charge < -0.3 is 14.7 Å². The summed E-state index contributed by atoms with van der Waals surface area (Å²) >= 11 is 0. The molecule has 0 spiro atoms. The highest BCUT2D eigenvalue weighted by atomic mass is 32.2. The largest absolute Gasteiger partial charge is 0.495 e. The lowest BCUT2D eigenvalue weighted by molar-refractivity contribution is -0.136. The van der Waals surface area contributed by atoms with Crippen LogP contribution in [0, 0.1) is 6.92 Å². The molecule has 1 N–H and O–H groups in total. The number of carbonyl (C=O) groups is 1. The van der Waals surface area contributed by atoms with E-state index >= 15 is 0 Å². The lowest BCUT2D eigenvalue weighted by atomic mass is 10.1. The van der Waals surface area contributed by atoms with Gasteiger partial charge in [0.15, 0.2) is 0 Å². The smallest absolute Gasteiger partial charge is 0.307 e. The molecule has 0 bridgehead atoms. The topological polar surface area (TPSA) is 87.1 Å². The SMILES string of the molecule is COc1ccc(CC(=O)O)cc1S(=O)(=O)N1CCN(c2cccc(C)c2)CC1.